The quantitative estimate of drug-likeness (QED) is 0.320. The lowest BCUT2D eigenvalue weighted by atomic mass is 9.73. The molecule has 0 aromatic heterocycles. The third-order valence-electron chi connectivity index (χ3n) is 7.45. The van der Waals surface area contributed by atoms with E-state index in [1.165, 1.54) is 11.1 Å². The Labute approximate surface area is 244 Å². The molecule has 0 radical (unpaired) electrons. The molecule has 3 aromatic rings. The molecule has 1 aliphatic carbocycles. The zero-order valence-corrected chi connectivity index (χ0v) is 24.3. The summed E-state index contributed by atoms with van der Waals surface area (Å²) in [7, 11) is 0. The highest BCUT2D eigenvalue weighted by Crippen LogP contribution is 2.48. The van der Waals surface area contributed by atoms with Gasteiger partial charge in [0.05, 0.1) is 27.6 Å². The zero-order chi connectivity index (χ0) is 27.7. The molecule has 4 nitrogen and oxygen atoms in total. The number of benzene rings is 3. The van der Waals surface area contributed by atoms with E-state index in [0.29, 0.717) is 45.5 Å². The molecule has 1 unspecified atom stereocenters. The molecule has 0 bridgehead atoms. The molecular weight excluding hydrogens is 545 g/mol. The first-order valence-corrected chi connectivity index (χ1v) is 14.8. The highest BCUT2D eigenvalue weighted by molar-refractivity contribution is 7.97. The van der Waals surface area contributed by atoms with Crippen molar-refractivity contribution in [2.45, 2.75) is 50.5 Å². The summed E-state index contributed by atoms with van der Waals surface area (Å²) in [6, 6.07) is 22.4. The molecule has 7 heteroatoms. The summed E-state index contributed by atoms with van der Waals surface area (Å²) in [5.41, 5.74) is 15.0. The van der Waals surface area contributed by atoms with Gasteiger partial charge in [0, 0.05) is 34.9 Å². The minimum absolute atomic E-state index is 0.0625. The minimum atomic E-state index is -0.505. The number of thioether (sulfide) groups is 1. The molecule has 0 saturated heterocycles. The molecule has 3 aromatic carbocycles. The number of carbonyl (C=O) groups is 1. The Bertz CT molecular complexity index is 1560. The van der Waals surface area contributed by atoms with E-state index in [1.54, 1.807) is 12.1 Å². The normalized spacial score (nSPS) is 17.4. The Morgan fingerprint density at radius 3 is 2.51 bits per heavy atom. The zero-order valence-electron chi connectivity index (χ0n) is 21.9. The number of hydrogen-bond donors (Lipinski definition) is 1. The lowest BCUT2D eigenvalue weighted by molar-refractivity contribution is -0.116. The Hall–Kier alpha value is -3.17. The van der Waals surface area contributed by atoms with Crippen molar-refractivity contribution in [3.8, 4) is 6.07 Å². The van der Waals surface area contributed by atoms with Gasteiger partial charge in [-0.1, -0.05) is 71.2 Å². The van der Waals surface area contributed by atoms with Crippen LogP contribution in [0.1, 0.15) is 53.0 Å². The third-order valence-corrected chi connectivity index (χ3v) is 9.25. The van der Waals surface area contributed by atoms with Gasteiger partial charge in [-0.05, 0) is 67.1 Å². The SMILES string of the molecule is Cc1cc(CSCc2ccccc2)c(C)c(C2C(C#N)=C(N)N(c3ccc(Cl)c(Cl)c3)C3=C2C(=O)CCC3)c1. The number of ketones is 1. The van der Waals surface area contributed by atoms with Crippen LogP contribution in [-0.2, 0) is 16.3 Å². The van der Waals surface area contributed by atoms with Crippen LogP contribution in [0.3, 0.4) is 0 Å². The minimum Gasteiger partial charge on any atom is -0.384 e. The van der Waals surface area contributed by atoms with Gasteiger partial charge in [0.15, 0.2) is 5.78 Å². The van der Waals surface area contributed by atoms with Crippen molar-refractivity contribution in [2.24, 2.45) is 5.73 Å². The molecule has 2 N–H and O–H groups in total. The Kier molecular flexibility index (Phi) is 8.09. The summed E-state index contributed by atoms with van der Waals surface area (Å²) < 4.78 is 0. The molecule has 39 heavy (non-hydrogen) atoms. The Balaban J connectivity index is 1.60. The van der Waals surface area contributed by atoms with Crippen LogP contribution in [0.25, 0.3) is 0 Å². The monoisotopic (exact) mass is 573 g/mol. The number of Topliss-reactive ketones (excluding diaryl/α,β-unsaturated/α-hetero) is 1. The molecule has 0 saturated carbocycles. The van der Waals surface area contributed by atoms with E-state index in [1.807, 2.05) is 28.8 Å². The highest BCUT2D eigenvalue weighted by Gasteiger charge is 2.41. The van der Waals surface area contributed by atoms with Crippen LogP contribution in [0.15, 0.2) is 83.3 Å². The average molecular weight is 575 g/mol. The van der Waals surface area contributed by atoms with E-state index < -0.39 is 5.92 Å². The van der Waals surface area contributed by atoms with E-state index in [2.05, 4.69) is 56.3 Å². The van der Waals surface area contributed by atoms with Gasteiger partial charge in [-0.2, -0.15) is 17.0 Å². The van der Waals surface area contributed by atoms with Crippen molar-refractivity contribution in [1.29, 1.82) is 5.26 Å². The van der Waals surface area contributed by atoms with Gasteiger partial charge >= 0.3 is 0 Å². The maximum Gasteiger partial charge on any atom is 0.161 e. The number of allylic oxidation sites excluding steroid dienone is 3. The summed E-state index contributed by atoms with van der Waals surface area (Å²) >= 11 is 14.4. The number of rotatable bonds is 6. The Morgan fingerprint density at radius 1 is 1.03 bits per heavy atom. The van der Waals surface area contributed by atoms with Gasteiger partial charge in [0.25, 0.3) is 0 Å². The molecule has 1 heterocycles. The van der Waals surface area contributed by atoms with E-state index in [4.69, 9.17) is 28.9 Å². The van der Waals surface area contributed by atoms with Gasteiger partial charge in [-0.3, -0.25) is 9.69 Å². The number of halogens is 2. The topological polar surface area (TPSA) is 70.1 Å². The number of nitrogens with two attached hydrogens (primary N) is 1. The average Bonchev–Trinajstić information content (AvgIpc) is 2.92. The van der Waals surface area contributed by atoms with Gasteiger partial charge in [-0.15, -0.1) is 0 Å². The smallest absolute Gasteiger partial charge is 0.161 e. The molecule has 2 aliphatic rings. The number of anilines is 1. The van der Waals surface area contributed by atoms with E-state index in [9.17, 15) is 10.1 Å². The predicted octanol–water partition coefficient (Wildman–Crippen LogP) is 8.35. The largest absolute Gasteiger partial charge is 0.384 e. The fourth-order valence-electron chi connectivity index (χ4n) is 5.58. The molecule has 0 amide bonds. The molecule has 198 valence electrons. The molecular formula is C32H29Cl2N3OS. The molecule has 1 aliphatic heterocycles. The second kappa shape index (κ2) is 11.5. The van der Waals surface area contributed by atoms with Crippen molar-refractivity contribution >= 4 is 46.4 Å². The van der Waals surface area contributed by atoms with E-state index in [-0.39, 0.29) is 5.78 Å². The van der Waals surface area contributed by atoms with Crippen LogP contribution in [0.2, 0.25) is 10.0 Å². The van der Waals surface area contributed by atoms with Gasteiger partial charge < -0.3 is 5.73 Å². The number of hydrogen-bond acceptors (Lipinski definition) is 5. The number of nitrogens with zero attached hydrogens (tertiary/aromatic N) is 2. The number of nitriles is 1. The van der Waals surface area contributed by atoms with Crippen molar-refractivity contribution in [2.75, 3.05) is 4.90 Å². The van der Waals surface area contributed by atoms with Crippen LogP contribution < -0.4 is 10.6 Å². The fraction of sp³-hybridized carbons (Fsp3) is 0.250. The molecule has 0 fully saturated rings. The van der Waals surface area contributed by atoms with Crippen molar-refractivity contribution in [3.63, 3.8) is 0 Å². The maximum atomic E-state index is 13.6. The van der Waals surface area contributed by atoms with Gasteiger partial charge in [0.1, 0.15) is 5.82 Å². The van der Waals surface area contributed by atoms with Crippen molar-refractivity contribution < 1.29 is 4.79 Å². The first-order valence-electron chi connectivity index (χ1n) is 12.9. The van der Waals surface area contributed by atoms with Crippen LogP contribution in [0.4, 0.5) is 5.69 Å². The summed E-state index contributed by atoms with van der Waals surface area (Å²) in [4.78, 5) is 15.4. The predicted molar refractivity (Wildman–Crippen MR) is 162 cm³/mol. The summed E-state index contributed by atoms with van der Waals surface area (Å²) in [5, 5.41) is 11.2. The Morgan fingerprint density at radius 2 is 1.79 bits per heavy atom. The lowest BCUT2D eigenvalue weighted by Crippen LogP contribution is -2.39. The molecule has 5 rings (SSSR count). The third kappa shape index (κ3) is 5.34. The summed E-state index contributed by atoms with van der Waals surface area (Å²) in [5.74, 6) is 1.63. The summed E-state index contributed by atoms with van der Waals surface area (Å²) in [6.07, 6.45) is 1.86. The van der Waals surface area contributed by atoms with Gasteiger partial charge in [-0.25, -0.2) is 0 Å². The number of aryl methyl sites for hydroxylation is 1. The van der Waals surface area contributed by atoms with Crippen molar-refractivity contribution in [3.05, 3.63) is 121 Å². The highest BCUT2D eigenvalue weighted by atomic mass is 35.5. The summed E-state index contributed by atoms with van der Waals surface area (Å²) in [6.45, 7) is 4.16. The van der Waals surface area contributed by atoms with Crippen molar-refractivity contribution in [1.82, 2.24) is 0 Å². The molecule has 0 spiro atoms. The van der Waals surface area contributed by atoms with E-state index in [0.717, 1.165) is 40.3 Å². The molecule has 1 atom stereocenters. The lowest BCUT2D eigenvalue weighted by Gasteiger charge is -2.40. The number of carbonyl (C=O) groups excluding carboxylic acids is 1. The standard InChI is InChI=1S/C32H29Cl2N3OS/c1-19-13-22(18-39-17-21-7-4-3-5-8-21)20(2)24(14-19)30-25(16-35)32(36)37(23-11-12-26(33)27(34)15-23)28-9-6-10-29(38)31(28)30/h3-5,7-8,11-15,30H,6,9-10,17-18,36H2,1-2H3. The van der Waals surface area contributed by atoms with Crippen LogP contribution in [-0.4, -0.2) is 5.78 Å². The first-order chi connectivity index (χ1) is 18.8. The van der Waals surface area contributed by atoms with Crippen LogP contribution >= 0.6 is 35.0 Å². The van der Waals surface area contributed by atoms with E-state index >= 15 is 0 Å². The first kappa shape index (κ1) is 27.4. The van der Waals surface area contributed by atoms with Gasteiger partial charge in [0.2, 0.25) is 0 Å². The second-order valence-electron chi connectivity index (χ2n) is 10.0. The maximum absolute atomic E-state index is 13.6. The fourth-order valence-corrected chi connectivity index (χ4v) is 6.93. The van der Waals surface area contributed by atoms with Crippen LogP contribution in [0, 0.1) is 25.2 Å². The van der Waals surface area contributed by atoms with Crippen LogP contribution in [0.5, 0.6) is 0 Å². The second-order valence-corrected chi connectivity index (χ2v) is 11.8.